The standard InChI is InChI=1S/2C16H12Cl.2CH3.H2Si.Zr/c2*1-11-8-12-5-3-7-15(16(12)9-11)13-4-2-6-14(17)10-13;;;;/h2*2-10H,1H3;2*1H3;1H2;. The average Bonchev–Trinajstić information content (AvgIpc) is 3.40. The monoisotopic (exact) mass is 628 g/mol. The second-order valence-corrected chi connectivity index (χ2v) is 43.6. The van der Waals surface area contributed by atoms with E-state index in [1.54, 1.807) is 0 Å². The molecule has 0 spiro atoms. The zero-order valence-corrected chi connectivity index (χ0v) is 27.7. The van der Waals surface area contributed by atoms with Crippen molar-refractivity contribution in [3.05, 3.63) is 128 Å². The number of allylic oxidation sites excluding steroid dienone is 2. The van der Waals surface area contributed by atoms with Gasteiger partial charge in [0.05, 0.1) is 0 Å². The summed E-state index contributed by atoms with van der Waals surface area (Å²) in [5, 5.41) is 1.56. The van der Waals surface area contributed by atoms with Crippen LogP contribution in [0.4, 0.5) is 0 Å². The average molecular weight is 631 g/mol. The third kappa shape index (κ3) is 4.20. The van der Waals surface area contributed by atoms with Gasteiger partial charge < -0.3 is 0 Å². The van der Waals surface area contributed by atoms with Gasteiger partial charge in [-0.3, -0.25) is 0 Å². The summed E-state index contributed by atoms with van der Waals surface area (Å²) in [5.41, 5.74) is 13.7. The van der Waals surface area contributed by atoms with Crippen LogP contribution in [0.3, 0.4) is 0 Å². The molecule has 0 saturated heterocycles. The molecule has 0 aromatic heterocycles. The van der Waals surface area contributed by atoms with Crippen molar-refractivity contribution in [3.63, 3.8) is 0 Å². The quantitative estimate of drug-likeness (QED) is 0.197. The van der Waals surface area contributed by atoms with Crippen LogP contribution < -0.4 is 0 Å². The Hall–Kier alpha value is -1.96. The zero-order valence-electron chi connectivity index (χ0n) is 22.4. The van der Waals surface area contributed by atoms with Crippen molar-refractivity contribution in [1.82, 2.24) is 0 Å². The molecule has 0 nitrogen and oxygen atoms in total. The van der Waals surface area contributed by atoms with Crippen LogP contribution >= 0.6 is 23.2 Å². The van der Waals surface area contributed by atoms with Gasteiger partial charge in [0.1, 0.15) is 0 Å². The fourth-order valence-electron chi connectivity index (χ4n) is 7.60. The molecule has 0 bridgehead atoms. The minimum atomic E-state index is -3.56. The van der Waals surface area contributed by atoms with E-state index in [1.807, 2.05) is 24.3 Å². The molecular formula is C34H32Cl2SiZr. The van der Waals surface area contributed by atoms with Crippen LogP contribution in [0.5, 0.6) is 0 Å². The van der Waals surface area contributed by atoms with Gasteiger partial charge >= 0.3 is 241 Å². The number of fused-ring (bicyclic) bond motifs is 2. The van der Waals surface area contributed by atoms with E-state index in [2.05, 4.69) is 103 Å². The zero-order chi connectivity index (χ0) is 26.8. The third-order valence-electron chi connectivity index (χ3n) is 8.72. The van der Waals surface area contributed by atoms with Gasteiger partial charge in [-0.15, -0.1) is 0 Å². The van der Waals surface area contributed by atoms with Crippen molar-refractivity contribution < 1.29 is 17.4 Å². The number of hydrogen-bond acceptors (Lipinski definition) is 0. The van der Waals surface area contributed by atoms with Gasteiger partial charge in [-0.05, 0) is 0 Å². The molecule has 0 amide bonds. The normalized spacial score (nSPS) is 18.6. The summed E-state index contributed by atoms with van der Waals surface area (Å²) in [6.45, 7) is 7.10. The number of rotatable bonds is 4. The summed E-state index contributed by atoms with van der Waals surface area (Å²) < 4.78 is 6.34. The molecule has 2 aliphatic rings. The van der Waals surface area contributed by atoms with E-state index in [0.717, 1.165) is 10.0 Å². The molecule has 38 heavy (non-hydrogen) atoms. The molecule has 4 heteroatoms. The Kier molecular flexibility index (Phi) is 6.44. The third-order valence-corrected chi connectivity index (χ3v) is 27.1. The van der Waals surface area contributed by atoms with Crippen LogP contribution in [-0.2, 0) is 17.4 Å². The number of halogens is 2. The molecule has 6 rings (SSSR count). The Labute approximate surface area is 238 Å². The van der Waals surface area contributed by atoms with Crippen LogP contribution in [0.15, 0.2) is 96.1 Å². The van der Waals surface area contributed by atoms with E-state index in [4.69, 9.17) is 23.2 Å². The molecule has 2 unspecified atom stereocenters. The summed E-state index contributed by atoms with van der Waals surface area (Å²) in [5.74, 6) is 0. The summed E-state index contributed by atoms with van der Waals surface area (Å²) in [6, 6.07) is 30.3. The van der Waals surface area contributed by atoms with Crippen LogP contribution in [0, 0.1) is 0 Å². The molecule has 2 aliphatic carbocycles. The van der Waals surface area contributed by atoms with Gasteiger partial charge in [0.15, 0.2) is 0 Å². The van der Waals surface area contributed by atoms with Crippen molar-refractivity contribution in [3.8, 4) is 22.3 Å². The van der Waals surface area contributed by atoms with Crippen molar-refractivity contribution >= 4 is 42.2 Å². The first-order chi connectivity index (χ1) is 18.0. The van der Waals surface area contributed by atoms with E-state index in [-0.39, 0.29) is 0 Å². The van der Waals surface area contributed by atoms with Gasteiger partial charge in [-0.1, -0.05) is 0 Å². The first kappa shape index (κ1) is 26.3. The second-order valence-electron chi connectivity index (χ2n) is 12.2. The molecule has 4 aromatic carbocycles. The molecule has 0 aliphatic heterocycles. The second kappa shape index (κ2) is 9.31. The molecule has 0 fully saturated rings. The summed E-state index contributed by atoms with van der Waals surface area (Å²) in [7, 11) is 0. The Balaban J connectivity index is 1.50. The Bertz CT molecular complexity index is 1630. The maximum absolute atomic E-state index is 6.40. The summed E-state index contributed by atoms with van der Waals surface area (Å²) in [4.78, 5) is 0. The van der Waals surface area contributed by atoms with Crippen molar-refractivity contribution in [2.75, 3.05) is 0 Å². The van der Waals surface area contributed by atoms with Crippen molar-refractivity contribution in [2.24, 2.45) is 0 Å². The number of hydrogen-bond donors (Lipinski definition) is 0. The Morgan fingerprint density at radius 1 is 0.605 bits per heavy atom. The van der Waals surface area contributed by atoms with Crippen LogP contribution in [0.2, 0.25) is 19.3 Å². The maximum atomic E-state index is 6.40. The molecule has 0 heterocycles. The van der Waals surface area contributed by atoms with Crippen LogP contribution in [0.25, 0.3) is 34.4 Å². The van der Waals surface area contributed by atoms with Gasteiger partial charge in [-0.2, -0.15) is 0 Å². The Morgan fingerprint density at radius 2 is 1.00 bits per heavy atom. The summed E-state index contributed by atoms with van der Waals surface area (Å²) >= 11 is 9.23. The fraction of sp³-hybridized carbons (Fsp3) is 0.176. The predicted octanol–water partition coefficient (Wildman–Crippen LogP) is 10.3. The summed E-state index contributed by atoms with van der Waals surface area (Å²) in [6.07, 6.45) is 4.92. The van der Waals surface area contributed by atoms with Crippen LogP contribution in [0.1, 0.15) is 43.4 Å². The molecule has 2 atom stereocenters. The van der Waals surface area contributed by atoms with Crippen molar-refractivity contribution in [2.45, 2.75) is 30.4 Å². The number of benzene rings is 4. The molecule has 0 N–H and O–H groups in total. The van der Waals surface area contributed by atoms with E-state index in [9.17, 15) is 0 Å². The van der Waals surface area contributed by atoms with Gasteiger partial charge in [0.25, 0.3) is 0 Å². The van der Waals surface area contributed by atoms with E-state index < -0.39 is 17.4 Å². The van der Waals surface area contributed by atoms with E-state index in [1.165, 1.54) is 55.7 Å². The van der Waals surface area contributed by atoms with E-state index >= 15 is 0 Å². The fourth-order valence-corrected chi connectivity index (χ4v) is 29.2. The molecule has 0 radical (unpaired) electrons. The Morgan fingerprint density at radius 3 is 1.39 bits per heavy atom. The SMILES string of the molecule is CC1=Cc2c(-c3cccc(Cl)c3)cccc2[CH]1[Zr]([CH3])([CH3])(=[SiH2])[CH]1C(C)=Cc2c(-c3cccc(Cl)c3)cccc21. The van der Waals surface area contributed by atoms with Crippen molar-refractivity contribution in [1.29, 1.82) is 0 Å². The molecule has 4 aromatic rings. The topological polar surface area (TPSA) is 0 Å². The van der Waals surface area contributed by atoms with Gasteiger partial charge in [0, 0.05) is 0 Å². The molecular weight excluding hydrogens is 599 g/mol. The van der Waals surface area contributed by atoms with Gasteiger partial charge in [0.2, 0.25) is 0 Å². The first-order valence-corrected chi connectivity index (χ1v) is 27.7. The first-order valence-electron chi connectivity index (χ1n) is 13.2. The molecule has 190 valence electrons. The van der Waals surface area contributed by atoms with Crippen LogP contribution in [-0.4, -0.2) is 6.88 Å². The van der Waals surface area contributed by atoms with E-state index in [0.29, 0.717) is 7.25 Å². The van der Waals surface area contributed by atoms with Gasteiger partial charge in [-0.25, -0.2) is 0 Å². The predicted molar refractivity (Wildman–Crippen MR) is 167 cm³/mol. The molecule has 0 saturated carbocycles. The minimum absolute atomic E-state index is 0.484.